The Bertz CT molecular complexity index is 1200. The predicted molar refractivity (Wildman–Crippen MR) is 126 cm³/mol. The van der Waals surface area contributed by atoms with Gasteiger partial charge in [0, 0.05) is 31.6 Å². The molecule has 1 N–H and O–H groups in total. The number of nitrogens with zero attached hydrogens (tertiary/aromatic N) is 5. The minimum Gasteiger partial charge on any atom is -0.496 e. The summed E-state index contributed by atoms with van der Waals surface area (Å²) in [5.41, 5.74) is 3.64. The highest BCUT2D eigenvalue weighted by atomic mass is 16.5. The van der Waals surface area contributed by atoms with E-state index < -0.39 is 0 Å². The molecule has 0 unspecified atom stereocenters. The van der Waals surface area contributed by atoms with Crippen molar-refractivity contribution < 1.29 is 9.53 Å². The smallest absolute Gasteiger partial charge is 0.260 e. The molecule has 0 aliphatic carbocycles. The van der Waals surface area contributed by atoms with Crippen molar-refractivity contribution in [1.29, 1.82) is 0 Å². The molecule has 1 amide bonds. The molecule has 0 radical (unpaired) electrons. The van der Waals surface area contributed by atoms with Crippen LogP contribution in [-0.4, -0.2) is 50.3 Å². The molecule has 0 fully saturated rings. The number of amides is 1. The molecule has 4 heterocycles. The second-order valence-electron chi connectivity index (χ2n) is 9.20. The third kappa shape index (κ3) is 3.99. The second-order valence-corrected chi connectivity index (χ2v) is 9.20. The number of aryl methyl sites for hydroxylation is 1. The third-order valence-corrected chi connectivity index (χ3v) is 6.75. The number of hydrogen-bond acceptors (Lipinski definition) is 6. The molecular weight excluding hydrogens is 416 g/mol. The van der Waals surface area contributed by atoms with Crippen LogP contribution in [0.3, 0.4) is 0 Å². The molecule has 0 spiro atoms. The first kappa shape index (κ1) is 21.6. The van der Waals surface area contributed by atoms with Crippen LogP contribution in [0.15, 0.2) is 30.3 Å². The predicted octanol–water partition coefficient (Wildman–Crippen LogP) is 3.87. The van der Waals surface area contributed by atoms with E-state index in [-0.39, 0.29) is 5.91 Å². The zero-order chi connectivity index (χ0) is 23.1. The van der Waals surface area contributed by atoms with Crippen LogP contribution < -0.4 is 10.1 Å². The van der Waals surface area contributed by atoms with E-state index in [1.54, 1.807) is 13.2 Å². The maximum absolute atomic E-state index is 13.3. The van der Waals surface area contributed by atoms with E-state index >= 15 is 0 Å². The molecule has 172 valence electrons. The normalized spacial score (nSPS) is 17.7. The number of pyridine rings is 1. The summed E-state index contributed by atoms with van der Waals surface area (Å²) in [5.74, 6) is 2.56. The zero-order valence-electron chi connectivity index (χ0n) is 19.6. The number of nitrogens with one attached hydrogen (secondary N) is 1. The van der Waals surface area contributed by atoms with E-state index in [1.165, 1.54) is 11.1 Å². The Labute approximate surface area is 194 Å². The topological polar surface area (TPSA) is 85.2 Å². The highest BCUT2D eigenvalue weighted by Gasteiger charge is 2.26. The summed E-state index contributed by atoms with van der Waals surface area (Å²) in [6.45, 7) is 8.42. The molecule has 33 heavy (non-hydrogen) atoms. The molecule has 2 aliphatic heterocycles. The van der Waals surface area contributed by atoms with Gasteiger partial charge in [0.05, 0.1) is 12.7 Å². The third-order valence-electron chi connectivity index (χ3n) is 6.75. The molecule has 8 heteroatoms. The van der Waals surface area contributed by atoms with Crippen LogP contribution in [0.1, 0.15) is 60.5 Å². The van der Waals surface area contributed by atoms with Crippen molar-refractivity contribution in [3.63, 3.8) is 0 Å². The average molecular weight is 447 g/mol. The number of carbonyl (C=O) groups is 1. The first-order chi connectivity index (χ1) is 15.9. The van der Waals surface area contributed by atoms with Gasteiger partial charge in [-0.3, -0.25) is 9.69 Å². The fourth-order valence-corrected chi connectivity index (χ4v) is 4.81. The number of methoxy groups -OCH3 is 1. The summed E-state index contributed by atoms with van der Waals surface area (Å²) >= 11 is 0. The lowest BCUT2D eigenvalue weighted by Crippen LogP contribution is -2.36. The van der Waals surface area contributed by atoms with Crippen LogP contribution in [0.4, 0.5) is 5.82 Å². The lowest BCUT2D eigenvalue weighted by Gasteiger charge is -2.32. The van der Waals surface area contributed by atoms with Crippen molar-refractivity contribution in [2.45, 2.75) is 58.7 Å². The van der Waals surface area contributed by atoms with Crippen LogP contribution in [0.2, 0.25) is 0 Å². The summed E-state index contributed by atoms with van der Waals surface area (Å²) in [6, 6.07) is 10.3. The Hall–Kier alpha value is -3.26. The van der Waals surface area contributed by atoms with Gasteiger partial charge >= 0.3 is 0 Å². The molecule has 8 nitrogen and oxygen atoms in total. The van der Waals surface area contributed by atoms with Crippen LogP contribution in [0.25, 0.3) is 11.5 Å². The zero-order valence-corrected chi connectivity index (χ0v) is 19.6. The van der Waals surface area contributed by atoms with E-state index in [0.29, 0.717) is 34.9 Å². The average Bonchev–Trinajstić information content (AvgIpc) is 3.40. The highest BCUT2D eigenvalue weighted by Crippen LogP contribution is 2.31. The molecule has 1 atom stereocenters. The number of anilines is 1. The van der Waals surface area contributed by atoms with E-state index in [0.717, 1.165) is 44.0 Å². The van der Waals surface area contributed by atoms with Gasteiger partial charge in [-0.05, 0) is 69.0 Å². The standard InChI is InChI=1S/C25H30N6O2/c1-15(2)30-11-10-17-13-21(33-4)19(12-18(17)14-30)25(32)27-22-7-5-6-20(26-22)24-29-28-23-9-8-16(3)31(23)24/h5-7,12-13,15-16H,8-11,14H2,1-4H3,(H,26,27,32)/t16-/m1/s1. The van der Waals surface area contributed by atoms with Gasteiger partial charge in [-0.15, -0.1) is 10.2 Å². The Kier molecular flexibility index (Phi) is 5.62. The van der Waals surface area contributed by atoms with Gasteiger partial charge in [0.2, 0.25) is 0 Å². The molecule has 2 aliphatic rings. The maximum Gasteiger partial charge on any atom is 0.260 e. The van der Waals surface area contributed by atoms with Gasteiger partial charge in [-0.1, -0.05) is 6.07 Å². The second kappa shape index (κ2) is 8.59. The lowest BCUT2D eigenvalue weighted by molar-refractivity contribution is 0.102. The molecule has 1 aromatic carbocycles. The van der Waals surface area contributed by atoms with Gasteiger partial charge in [0.15, 0.2) is 5.82 Å². The summed E-state index contributed by atoms with van der Waals surface area (Å²) in [6.07, 6.45) is 2.94. The minimum absolute atomic E-state index is 0.235. The molecule has 0 saturated heterocycles. The van der Waals surface area contributed by atoms with Crippen LogP contribution in [-0.2, 0) is 19.4 Å². The van der Waals surface area contributed by atoms with Crippen molar-refractivity contribution in [2.24, 2.45) is 0 Å². The van der Waals surface area contributed by atoms with Crippen LogP contribution in [0, 0.1) is 0 Å². The maximum atomic E-state index is 13.3. The number of carbonyl (C=O) groups excluding carboxylic acids is 1. The van der Waals surface area contributed by atoms with E-state index in [9.17, 15) is 4.79 Å². The first-order valence-electron chi connectivity index (χ1n) is 11.6. The van der Waals surface area contributed by atoms with Crippen molar-refractivity contribution >= 4 is 11.7 Å². The summed E-state index contributed by atoms with van der Waals surface area (Å²) in [4.78, 5) is 20.3. The van der Waals surface area contributed by atoms with Gasteiger partial charge in [0.25, 0.3) is 5.91 Å². The number of ether oxygens (including phenoxy) is 1. The first-order valence-corrected chi connectivity index (χ1v) is 11.6. The molecule has 0 saturated carbocycles. The Morgan fingerprint density at radius 3 is 2.82 bits per heavy atom. The van der Waals surface area contributed by atoms with E-state index in [1.807, 2.05) is 24.3 Å². The van der Waals surface area contributed by atoms with Crippen molar-refractivity contribution in [3.05, 3.63) is 52.8 Å². The van der Waals surface area contributed by atoms with E-state index in [2.05, 4.69) is 50.7 Å². The van der Waals surface area contributed by atoms with Gasteiger partial charge in [-0.25, -0.2) is 4.98 Å². The van der Waals surface area contributed by atoms with E-state index in [4.69, 9.17) is 4.74 Å². The van der Waals surface area contributed by atoms with Gasteiger partial charge in [-0.2, -0.15) is 0 Å². The fraction of sp³-hybridized carbons (Fsp3) is 0.440. The summed E-state index contributed by atoms with van der Waals surface area (Å²) < 4.78 is 7.71. The monoisotopic (exact) mass is 446 g/mol. The number of aromatic nitrogens is 4. The number of rotatable bonds is 5. The van der Waals surface area contributed by atoms with Gasteiger partial charge in [0.1, 0.15) is 23.1 Å². The molecular formula is C25H30N6O2. The number of fused-ring (bicyclic) bond motifs is 2. The Balaban J connectivity index is 1.42. The number of hydrogen-bond donors (Lipinski definition) is 1. The number of benzene rings is 1. The van der Waals surface area contributed by atoms with Crippen LogP contribution >= 0.6 is 0 Å². The Morgan fingerprint density at radius 1 is 1.18 bits per heavy atom. The fourth-order valence-electron chi connectivity index (χ4n) is 4.81. The molecule has 2 aromatic heterocycles. The largest absolute Gasteiger partial charge is 0.496 e. The summed E-state index contributed by atoms with van der Waals surface area (Å²) in [5, 5.41) is 11.6. The molecule has 0 bridgehead atoms. The van der Waals surface area contributed by atoms with Crippen molar-refractivity contribution in [1.82, 2.24) is 24.6 Å². The van der Waals surface area contributed by atoms with Gasteiger partial charge < -0.3 is 14.6 Å². The quantitative estimate of drug-likeness (QED) is 0.640. The molecule has 3 aromatic rings. The Morgan fingerprint density at radius 2 is 2.03 bits per heavy atom. The lowest BCUT2D eigenvalue weighted by atomic mass is 9.95. The van der Waals surface area contributed by atoms with Crippen LogP contribution in [0.5, 0.6) is 5.75 Å². The SMILES string of the molecule is COc1cc2c(cc1C(=O)Nc1cccc(-c3nnc4n3[C@H](C)CC4)n1)CN(C(C)C)CC2. The summed E-state index contributed by atoms with van der Waals surface area (Å²) in [7, 11) is 1.60. The van der Waals surface area contributed by atoms with Crippen molar-refractivity contribution in [3.8, 4) is 17.3 Å². The van der Waals surface area contributed by atoms with Crippen molar-refractivity contribution in [2.75, 3.05) is 19.0 Å². The highest BCUT2D eigenvalue weighted by molar-refractivity contribution is 6.06. The molecule has 5 rings (SSSR count). The minimum atomic E-state index is -0.235.